The Bertz CT molecular complexity index is 781. The Kier molecular flexibility index (Phi) is 5.87. The summed E-state index contributed by atoms with van der Waals surface area (Å²) in [6.45, 7) is 6.60. The van der Waals surface area contributed by atoms with E-state index in [1.807, 2.05) is 0 Å². The van der Waals surface area contributed by atoms with E-state index in [9.17, 15) is 14.7 Å². The number of aromatic amines is 1. The van der Waals surface area contributed by atoms with E-state index < -0.39 is 24.1 Å². The van der Waals surface area contributed by atoms with Crippen LogP contribution >= 0.6 is 11.6 Å². The van der Waals surface area contributed by atoms with Gasteiger partial charge in [-0.3, -0.25) is 4.79 Å². The van der Waals surface area contributed by atoms with E-state index in [-0.39, 0.29) is 5.69 Å². The van der Waals surface area contributed by atoms with Crippen LogP contribution in [0.5, 0.6) is 0 Å². The summed E-state index contributed by atoms with van der Waals surface area (Å²) in [5, 5.41) is 13.0. The monoisotopic (exact) mass is 364 g/mol. The normalized spacial score (nSPS) is 13.2. The summed E-state index contributed by atoms with van der Waals surface area (Å²) < 4.78 is 5.23. The third-order valence-corrected chi connectivity index (χ3v) is 4.13. The second kappa shape index (κ2) is 7.72. The van der Waals surface area contributed by atoms with E-state index in [2.05, 4.69) is 10.3 Å². The fraction of sp³-hybridized carbons (Fsp3) is 0.333. The third kappa shape index (κ3) is 4.41. The van der Waals surface area contributed by atoms with Crippen molar-refractivity contribution in [2.45, 2.75) is 39.9 Å². The number of nitrogens with one attached hydrogen (secondary N) is 2. The van der Waals surface area contributed by atoms with Gasteiger partial charge in [0.05, 0.1) is 6.10 Å². The molecule has 2 rings (SSSR count). The van der Waals surface area contributed by atoms with Crippen molar-refractivity contribution in [2.24, 2.45) is 0 Å². The fourth-order valence-corrected chi connectivity index (χ4v) is 2.77. The number of hydrogen-bond donors (Lipinski definition) is 3. The number of carbonyl (C=O) groups excluding carboxylic acids is 2. The molecule has 0 bridgehead atoms. The molecule has 6 nitrogen and oxygen atoms in total. The van der Waals surface area contributed by atoms with E-state index in [0.717, 1.165) is 0 Å². The summed E-state index contributed by atoms with van der Waals surface area (Å²) in [7, 11) is 0. The van der Waals surface area contributed by atoms with Crippen LogP contribution in [0.2, 0.25) is 5.02 Å². The molecule has 0 fully saturated rings. The Morgan fingerprint density at radius 3 is 2.32 bits per heavy atom. The highest BCUT2D eigenvalue weighted by Crippen LogP contribution is 2.25. The molecule has 3 N–H and O–H groups in total. The average molecular weight is 365 g/mol. The van der Waals surface area contributed by atoms with Crippen molar-refractivity contribution in [3.8, 4) is 0 Å². The van der Waals surface area contributed by atoms with Gasteiger partial charge in [0.2, 0.25) is 0 Å². The summed E-state index contributed by atoms with van der Waals surface area (Å²) >= 11 is 5.80. The molecule has 0 spiro atoms. The van der Waals surface area contributed by atoms with Gasteiger partial charge in [0.15, 0.2) is 6.10 Å². The van der Waals surface area contributed by atoms with Gasteiger partial charge in [-0.15, -0.1) is 0 Å². The van der Waals surface area contributed by atoms with Gasteiger partial charge >= 0.3 is 5.97 Å². The van der Waals surface area contributed by atoms with E-state index in [0.29, 0.717) is 27.5 Å². The van der Waals surface area contributed by atoms with Crippen molar-refractivity contribution in [3.63, 3.8) is 0 Å². The van der Waals surface area contributed by atoms with Crippen molar-refractivity contribution in [1.29, 1.82) is 0 Å². The van der Waals surface area contributed by atoms with Crippen molar-refractivity contribution >= 4 is 29.2 Å². The first-order valence-corrected chi connectivity index (χ1v) is 8.23. The number of ether oxygens (including phenoxy) is 1. The van der Waals surface area contributed by atoms with Gasteiger partial charge in [-0.1, -0.05) is 11.6 Å². The number of aromatic nitrogens is 1. The maximum Gasteiger partial charge on any atom is 0.355 e. The molecular formula is C18H21ClN2O4. The number of aliphatic hydroxyl groups excluding tert-OH is 1. The van der Waals surface area contributed by atoms with Gasteiger partial charge in [-0.2, -0.15) is 0 Å². The molecule has 2 atom stereocenters. The molecule has 1 amide bonds. The molecule has 7 heteroatoms. The van der Waals surface area contributed by atoms with Gasteiger partial charge in [-0.25, -0.2) is 4.79 Å². The number of aryl methyl sites for hydroxylation is 1. The summed E-state index contributed by atoms with van der Waals surface area (Å²) in [4.78, 5) is 27.4. The number of aliphatic hydroxyl groups is 1. The number of H-pyrrole nitrogens is 1. The lowest BCUT2D eigenvalue weighted by molar-refractivity contribution is -0.123. The van der Waals surface area contributed by atoms with Crippen LogP contribution in [-0.4, -0.2) is 28.1 Å². The number of esters is 1. The first-order valence-electron chi connectivity index (χ1n) is 7.85. The Labute approximate surface area is 151 Å². The molecule has 134 valence electrons. The van der Waals surface area contributed by atoms with Crippen molar-refractivity contribution in [3.05, 3.63) is 51.8 Å². The molecule has 0 aliphatic carbocycles. The van der Waals surface area contributed by atoms with Crippen molar-refractivity contribution < 1.29 is 19.4 Å². The molecule has 0 unspecified atom stereocenters. The number of benzene rings is 1. The van der Waals surface area contributed by atoms with E-state index >= 15 is 0 Å². The van der Waals surface area contributed by atoms with Crippen LogP contribution in [-0.2, 0) is 9.53 Å². The van der Waals surface area contributed by atoms with E-state index in [1.165, 1.54) is 6.92 Å². The molecule has 0 saturated heterocycles. The first-order chi connectivity index (χ1) is 11.7. The van der Waals surface area contributed by atoms with Gasteiger partial charge in [0.1, 0.15) is 5.69 Å². The summed E-state index contributed by atoms with van der Waals surface area (Å²) in [6.07, 6.45) is -1.69. The van der Waals surface area contributed by atoms with Crippen molar-refractivity contribution in [2.75, 3.05) is 5.32 Å². The van der Waals surface area contributed by atoms with E-state index in [1.54, 1.807) is 45.0 Å². The second-order valence-corrected chi connectivity index (χ2v) is 6.32. The molecule has 0 saturated carbocycles. The minimum atomic E-state index is -0.985. The maximum atomic E-state index is 12.3. The molecule has 0 aliphatic heterocycles. The zero-order valence-electron chi connectivity index (χ0n) is 14.5. The van der Waals surface area contributed by atoms with Crippen molar-refractivity contribution in [1.82, 2.24) is 4.98 Å². The van der Waals surface area contributed by atoms with Gasteiger partial charge in [0, 0.05) is 22.0 Å². The zero-order chi connectivity index (χ0) is 18.7. The SMILES string of the molecule is Cc1[nH]c(C(=O)O[C@@H](C)C(=O)Nc2ccc(Cl)cc2)c(C)c1[C@H](C)O. The molecule has 25 heavy (non-hydrogen) atoms. The Balaban J connectivity index is 2.06. The lowest BCUT2D eigenvalue weighted by atomic mass is 10.1. The van der Waals surface area contributed by atoms with Crippen LogP contribution in [0.1, 0.15) is 47.3 Å². The molecule has 2 aromatic rings. The second-order valence-electron chi connectivity index (χ2n) is 5.88. The predicted octanol–water partition coefficient (Wildman–Crippen LogP) is 3.52. The molecule has 1 heterocycles. The molecular weight excluding hydrogens is 344 g/mol. The topological polar surface area (TPSA) is 91.4 Å². The molecule has 0 aliphatic rings. The smallest absolute Gasteiger partial charge is 0.355 e. The maximum absolute atomic E-state index is 12.3. The number of rotatable bonds is 5. The minimum absolute atomic E-state index is 0.236. The largest absolute Gasteiger partial charge is 0.448 e. The lowest BCUT2D eigenvalue weighted by Gasteiger charge is -2.13. The first kappa shape index (κ1) is 19.0. The molecule has 1 aromatic carbocycles. The van der Waals surface area contributed by atoms with Gasteiger partial charge < -0.3 is 20.1 Å². The Morgan fingerprint density at radius 2 is 1.80 bits per heavy atom. The van der Waals surface area contributed by atoms with Gasteiger partial charge in [0.25, 0.3) is 5.91 Å². The minimum Gasteiger partial charge on any atom is -0.448 e. The number of hydrogen-bond acceptors (Lipinski definition) is 4. The quantitative estimate of drug-likeness (QED) is 0.708. The number of halogens is 1. The Hall–Kier alpha value is -2.31. The third-order valence-electron chi connectivity index (χ3n) is 3.88. The zero-order valence-corrected chi connectivity index (χ0v) is 15.3. The average Bonchev–Trinajstić information content (AvgIpc) is 2.84. The predicted molar refractivity (Wildman–Crippen MR) is 95.9 cm³/mol. The standard InChI is InChI=1S/C18H21ClN2O4/c1-9-15(11(3)22)10(2)20-16(9)18(24)25-12(4)17(23)21-14-7-5-13(19)6-8-14/h5-8,11-12,20,22H,1-4H3,(H,21,23)/t11-,12-/m0/s1. The molecule has 0 radical (unpaired) electrons. The summed E-state index contributed by atoms with van der Waals surface area (Å²) in [5.41, 5.74) is 2.76. The lowest BCUT2D eigenvalue weighted by Crippen LogP contribution is -2.30. The van der Waals surface area contributed by atoms with Crippen LogP contribution in [0.3, 0.4) is 0 Å². The Morgan fingerprint density at radius 1 is 1.20 bits per heavy atom. The van der Waals surface area contributed by atoms with Crippen LogP contribution in [0.4, 0.5) is 5.69 Å². The highest BCUT2D eigenvalue weighted by Gasteiger charge is 2.24. The number of amides is 1. The van der Waals surface area contributed by atoms with Crippen LogP contribution in [0.25, 0.3) is 0 Å². The summed E-state index contributed by atoms with van der Waals surface area (Å²) in [6, 6.07) is 6.61. The number of carbonyl (C=O) groups is 2. The van der Waals surface area contributed by atoms with Gasteiger partial charge in [-0.05, 0) is 57.5 Å². The van der Waals surface area contributed by atoms with Crippen LogP contribution < -0.4 is 5.32 Å². The summed E-state index contributed by atoms with van der Waals surface area (Å²) in [5.74, 6) is -1.10. The molecule has 1 aromatic heterocycles. The number of anilines is 1. The van der Waals surface area contributed by atoms with Crippen LogP contribution in [0.15, 0.2) is 24.3 Å². The van der Waals surface area contributed by atoms with Crippen LogP contribution in [0, 0.1) is 13.8 Å². The van der Waals surface area contributed by atoms with E-state index in [4.69, 9.17) is 16.3 Å². The highest BCUT2D eigenvalue weighted by atomic mass is 35.5. The highest BCUT2D eigenvalue weighted by molar-refractivity contribution is 6.30. The fourth-order valence-electron chi connectivity index (χ4n) is 2.65.